The molecule has 0 aromatic carbocycles. The maximum atomic E-state index is 4.18. The van der Waals surface area contributed by atoms with E-state index in [1.54, 1.807) is 7.05 Å². The fourth-order valence-electron chi connectivity index (χ4n) is 0.405. The van der Waals surface area contributed by atoms with Gasteiger partial charge in [0.2, 0.25) is 0 Å². The highest BCUT2D eigenvalue weighted by atomic mass is 14.9. The Bertz CT molecular complexity index is 134. The van der Waals surface area contributed by atoms with Crippen molar-refractivity contribution < 1.29 is 0 Å². The standard InChI is InChI=1S/C7H14N2/c1-5-6(2)9-7(3)8-4/h5H2,1-4H3. The van der Waals surface area contributed by atoms with E-state index in [2.05, 4.69) is 16.9 Å². The summed E-state index contributed by atoms with van der Waals surface area (Å²) in [7, 11) is 1.75. The van der Waals surface area contributed by atoms with Crippen LogP contribution in [0.25, 0.3) is 0 Å². The van der Waals surface area contributed by atoms with Crippen LogP contribution in [0.1, 0.15) is 27.2 Å². The van der Waals surface area contributed by atoms with E-state index >= 15 is 0 Å². The average Bonchev–Trinajstić information content (AvgIpc) is 1.87. The molecule has 0 aromatic heterocycles. The second kappa shape index (κ2) is 4.24. The van der Waals surface area contributed by atoms with Crippen molar-refractivity contribution in [1.29, 1.82) is 0 Å². The second-order valence-electron chi connectivity index (χ2n) is 1.97. The van der Waals surface area contributed by atoms with Crippen molar-refractivity contribution in [1.82, 2.24) is 0 Å². The molecule has 0 saturated carbocycles. The molecule has 0 N–H and O–H groups in total. The third kappa shape index (κ3) is 3.88. The lowest BCUT2D eigenvalue weighted by atomic mass is 10.3. The van der Waals surface area contributed by atoms with Crippen molar-refractivity contribution in [2.24, 2.45) is 9.98 Å². The molecule has 0 bridgehead atoms. The Hall–Kier alpha value is -0.660. The van der Waals surface area contributed by atoms with Gasteiger partial charge in [-0.15, -0.1) is 0 Å². The maximum Gasteiger partial charge on any atom is 0.119 e. The van der Waals surface area contributed by atoms with Crippen molar-refractivity contribution in [3.8, 4) is 0 Å². The average molecular weight is 126 g/mol. The SMILES string of the molecule is CCC(C)=NC(C)=NC. The third-order valence-corrected chi connectivity index (χ3v) is 1.19. The second-order valence-corrected chi connectivity index (χ2v) is 1.97. The molecule has 0 amide bonds. The summed E-state index contributed by atoms with van der Waals surface area (Å²) in [5.74, 6) is 0.856. The summed E-state index contributed by atoms with van der Waals surface area (Å²) in [6.45, 7) is 6.00. The lowest BCUT2D eigenvalue weighted by Gasteiger charge is -1.92. The van der Waals surface area contributed by atoms with Crippen LogP contribution in [0.2, 0.25) is 0 Å². The summed E-state index contributed by atoms with van der Waals surface area (Å²) in [5.41, 5.74) is 1.14. The van der Waals surface area contributed by atoms with Crippen molar-refractivity contribution in [3.05, 3.63) is 0 Å². The zero-order valence-electron chi connectivity index (χ0n) is 6.60. The van der Waals surface area contributed by atoms with Gasteiger partial charge >= 0.3 is 0 Å². The summed E-state index contributed by atoms with van der Waals surface area (Å²) in [6.07, 6.45) is 1.01. The van der Waals surface area contributed by atoms with Crippen LogP contribution in [0, 0.1) is 0 Å². The molecule has 0 radical (unpaired) electrons. The van der Waals surface area contributed by atoms with E-state index in [9.17, 15) is 0 Å². The highest BCUT2D eigenvalue weighted by Gasteiger charge is 1.85. The number of rotatable bonds is 1. The summed E-state index contributed by atoms with van der Waals surface area (Å²) < 4.78 is 0. The van der Waals surface area contributed by atoms with Crippen molar-refractivity contribution in [2.75, 3.05) is 7.05 Å². The van der Waals surface area contributed by atoms with E-state index in [1.165, 1.54) is 0 Å². The summed E-state index contributed by atoms with van der Waals surface area (Å²) in [6, 6.07) is 0. The first kappa shape index (κ1) is 8.34. The molecule has 2 heteroatoms. The van der Waals surface area contributed by atoms with E-state index in [-0.39, 0.29) is 0 Å². The first-order chi connectivity index (χ1) is 4.20. The van der Waals surface area contributed by atoms with Gasteiger partial charge in [-0.3, -0.25) is 4.99 Å². The zero-order valence-corrected chi connectivity index (χ0v) is 6.60. The monoisotopic (exact) mass is 126 g/mol. The van der Waals surface area contributed by atoms with Crippen LogP contribution in [-0.4, -0.2) is 18.6 Å². The van der Waals surface area contributed by atoms with Gasteiger partial charge in [0.05, 0.1) is 0 Å². The Morgan fingerprint density at radius 1 is 1.33 bits per heavy atom. The first-order valence-electron chi connectivity index (χ1n) is 3.18. The molecule has 2 nitrogen and oxygen atoms in total. The van der Waals surface area contributed by atoms with Crippen LogP contribution in [0.15, 0.2) is 9.98 Å². The molecule has 0 rings (SSSR count). The lowest BCUT2D eigenvalue weighted by Crippen LogP contribution is -1.93. The summed E-state index contributed by atoms with van der Waals surface area (Å²) in [5, 5.41) is 0. The largest absolute Gasteiger partial charge is 0.274 e. The van der Waals surface area contributed by atoms with E-state index in [0.717, 1.165) is 18.0 Å². The Morgan fingerprint density at radius 2 is 1.89 bits per heavy atom. The maximum absolute atomic E-state index is 4.18. The van der Waals surface area contributed by atoms with Gasteiger partial charge in [0.25, 0.3) is 0 Å². The number of nitrogens with zero attached hydrogens (tertiary/aromatic N) is 2. The van der Waals surface area contributed by atoms with Crippen molar-refractivity contribution in [2.45, 2.75) is 27.2 Å². The molecule has 0 atom stereocenters. The molecule has 0 saturated heterocycles. The van der Waals surface area contributed by atoms with E-state index < -0.39 is 0 Å². The molecule has 0 fully saturated rings. The molecule has 52 valence electrons. The Morgan fingerprint density at radius 3 is 2.22 bits per heavy atom. The predicted molar refractivity (Wildman–Crippen MR) is 42.4 cm³/mol. The van der Waals surface area contributed by atoms with Crippen molar-refractivity contribution in [3.63, 3.8) is 0 Å². The van der Waals surface area contributed by atoms with Crippen LogP contribution >= 0.6 is 0 Å². The Labute approximate surface area is 56.7 Å². The lowest BCUT2D eigenvalue weighted by molar-refractivity contribution is 1.25. The minimum Gasteiger partial charge on any atom is -0.274 e. The molecule has 0 spiro atoms. The first-order valence-corrected chi connectivity index (χ1v) is 3.18. The van der Waals surface area contributed by atoms with Gasteiger partial charge < -0.3 is 0 Å². The molecule has 0 aliphatic rings. The van der Waals surface area contributed by atoms with Crippen LogP contribution in [-0.2, 0) is 0 Å². The van der Waals surface area contributed by atoms with E-state index in [1.807, 2.05) is 13.8 Å². The third-order valence-electron chi connectivity index (χ3n) is 1.19. The number of hydrogen-bond acceptors (Lipinski definition) is 1. The molecule has 0 heterocycles. The van der Waals surface area contributed by atoms with E-state index in [4.69, 9.17) is 0 Å². The highest BCUT2D eigenvalue weighted by Crippen LogP contribution is 1.85. The minimum absolute atomic E-state index is 0.856. The normalized spacial score (nSPS) is 14.2. The van der Waals surface area contributed by atoms with E-state index in [0.29, 0.717) is 0 Å². The number of hydrogen-bond donors (Lipinski definition) is 0. The predicted octanol–water partition coefficient (Wildman–Crippen LogP) is 1.91. The van der Waals surface area contributed by atoms with Crippen LogP contribution in [0.4, 0.5) is 0 Å². The molecule has 0 unspecified atom stereocenters. The fraction of sp³-hybridized carbons (Fsp3) is 0.714. The van der Waals surface area contributed by atoms with Gasteiger partial charge in [-0.1, -0.05) is 6.92 Å². The highest BCUT2D eigenvalue weighted by molar-refractivity contribution is 5.95. The van der Waals surface area contributed by atoms with Crippen LogP contribution in [0.5, 0.6) is 0 Å². The molecule has 0 aliphatic heterocycles. The summed E-state index contributed by atoms with van der Waals surface area (Å²) in [4.78, 5) is 8.09. The van der Waals surface area contributed by atoms with Gasteiger partial charge in [0.15, 0.2) is 0 Å². The van der Waals surface area contributed by atoms with Gasteiger partial charge in [-0.2, -0.15) is 0 Å². The fourth-order valence-corrected chi connectivity index (χ4v) is 0.405. The number of amidine groups is 1. The van der Waals surface area contributed by atoms with Gasteiger partial charge in [0.1, 0.15) is 5.84 Å². The Balaban J connectivity index is 3.95. The molecular formula is C7H14N2. The minimum atomic E-state index is 0.856. The van der Waals surface area contributed by atoms with Crippen LogP contribution < -0.4 is 0 Å². The van der Waals surface area contributed by atoms with Crippen molar-refractivity contribution >= 4 is 11.5 Å². The topological polar surface area (TPSA) is 24.7 Å². The quantitative estimate of drug-likeness (QED) is 0.379. The van der Waals surface area contributed by atoms with Gasteiger partial charge in [0, 0.05) is 12.8 Å². The summed E-state index contributed by atoms with van der Waals surface area (Å²) >= 11 is 0. The molecule has 9 heavy (non-hydrogen) atoms. The molecule has 0 aromatic rings. The smallest absolute Gasteiger partial charge is 0.119 e. The molecule has 0 aliphatic carbocycles. The van der Waals surface area contributed by atoms with Crippen LogP contribution in [0.3, 0.4) is 0 Å². The van der Waals surface area contributed by atoms with Gasteiger partial charge in [-0.05, 0) is 20.3 Å². The Kier molecular flexibility index (Phi) is 3.93. The number of aliphatic imine (C=N–C) groups is 2. The van der Waals surface area contributed by atoms with Gasteiger partial charge in [-0.25, -0.2) is 4.99 Å². The molecular weight excluding hydrogens is 112 g/mol. The zero-order chi connectivity index (χ0) is 7.28.